The fraction of sp³-hybridized carbons (Fsp3) is 0.625. The molecule has 3 nitrogen and oxygen atoms in total. The van der Waals surface area contributed by atoms with Crippen molar-refractivity contribution in [2.75, 3.05) is 13.7 Å². The van der Waals surface area contributed by atoms with Crippen LogP contribution in [0.25, 0.3) is 0 Å². The first-order chi connectivity index (χ1) is 5.55. The van der Waals surface area contributed by atoms with Crippen molar-refractivity contribution in [1.82, 2.24) is 0 Å². The van der Waals surface area contributed by atoms with Crippen LogP contribution in [0.2, 0.25) is 0 Å². The Labute approximate surface area is 75.8 Å². The Morgan fingerprint density at radius 2 is 2.25 bits per heavy atom. The van der Waals surface area contributed by atoms with E-state index in [0.717, 1.165) is 11.8 Å². The molecule has 0 saturated carbocycles. The Bertz CT molecular complexity index is 247. The first-order valence-electron chi connectivity index (χ1n) is 3.64. The Balaban J connectivity index is 3.06. The van der Waals surface area contributed by atoms with Crippen molar-refractivity contribution in [1.29, 1.82) is 0 Å². The van der Waals surface area contributed by atoms with Crippen LogP contribution in [-0.2, 0) is 9.53 Å². The Morgan fingerprint density at radius 1 is 1.67 bits per heavy atom. The highest BCUT2D eigenvalue weighted by Gasteiger charge is 2.42. The molecule has 0 spiro atoms. The lowest BCUT2D eigenvalue weighted by molar-refractivity contribution is -0.107. The number of hydrogen-bond donors (Lipinski definition) is 1. The van der Waals surface area contributed by atoms with Gasteiger partial charge >= 0.3 is 0 Å². The van der Waals surface area contributed by atoms with Crippen LogP contribution in [0.5, 0.6) is 0 Å². The molecule has 12 heavy (non-hydrogen) atoms. The largest absolute Gasteiger partial charge is 0.499 e. The monoisotopic (exact) mass is 188 g/mol. The molecule has 0 aromatic carbocycles. The first-order valence-corrected chi connectivity index (χ1v) is 4.46. The normalized spacial score (nSPS) is 29.8. The molecule has 0 unspecified atom stereocenters. The van der Waals surface area contributed by atoms with Crippen molar-refractivity contribution in [2.24, 2.45) is 0 Å². The molecule has 1 atom stereocenters. The summed E-state index contributed by atoms with van der Waals surface area (Å²) < 4.78 is 4.50. The van der Waals surface area contributed by atoms with Gasteiger partial charge in [0.05, 0.1) is 13.7 Å². The highest BCUT2D eigenvalue weighted by atomic mass is 32.2. The summed E-state index contributed by atoms with van der Waals surface area (Å²) in [5.74, 6) is 0.597. The van der Waals surface area contributed by atoms with Crippen molar-refractivity contribution in [3.05, 3.63) is 11.3 Å². The minimum Gasteiger partial charge on any atom is -0.499 e. The molecule has 4 heteroatoms. The number of ether oxygens (including phenoxy) is 1. The van der Waals surface area contributed by atoms with Crippen molar-refractivity contribution in [3.63, 3.8) is 0 Å². The highest BCUT2D eigenvalue weighted by molar-refractivity contribution is 8.15. The van der Waals surface area contributed by atoms with E-state index in [-0.39, 0.29) is 11.7 Å². The number of rotatable bonds is 2. The molecule has 1 rings (SSSR count). The van der Waals surface area contributed by atoms with E-state index in [1.807, 2.05) is 0 Å². The third-order valence-electron chi connectivity index (χ3n) is 1.95. The smallest absolute Gasteiger partial charge is 0.219 e. The molecular weight excluding hydrogens is 176 g/mol. The maximum Gasteiger partial charge on any atom is 0.219 e. The zero-order valence-electron chi connectivity index (χ0n) is 7.38. The van der Waals surface area contributed by atoms with E-state index in [1.165, 1.54) is 7.11 Å². The molecule has 0 radical (unpaired) electrons. The lowest BCUT2D eigenvalue weighted by Gasteiger charge is -2.21. The van der Waals surface area contributed by atoms with Crippen LogP contribution in [0.15, 0.2) is 11.3 Å². The second-order valence-corrected chi connectivity index (χ2v) is 4.41. The zero-order chi connectivity index (χ0) is 9.35. The van der Waals surface area contributed by atoms with Gasteiger partial charge in [0.25, 0.3) is 0 Å². The van der Waals surface area contributed by atoms with Crippen LogP contribution in [-0.4, -0.2) is 28.7 Å². The third-order valence-corrected chi connectivity index (χ3v) is 3.21. The summed E-state index contributed by atoms with van der Waals surface area (Å²) in [4.78, 5) is 11.2. The molecule has 0 amide bonds. The number of hydrogen-bond acceptors (Lipinski definition) is 4. The predicted molar refractivity (Wildman–Crippen MR) is 47.8 cm³/mol. The number of aliphatic hydroxyl groups excluding tert-OH is 1. The molecule has 1 heterocycles. The Hall–Kier alpha value is -0.480. The van der Waals surface area contributed by atoms with Crippen LogP contribution < -0.4 is 0 Å². The number of thioether (sulfide) groups is 1. The third kappa shape index (κ3) is 1.25. The van der Waals surface area contributed by atoms with E-state index in [2.05, 4.69) is 0 Å². The summed E-state index contributed by atoms with van der Waals surface area (Å²) in [6.07, 6.45) is 0. The zero-order valence-corrected chi connectivity index (χ0v) is 8.20. The van der Waals surface area contributed by atoms with Crippen molar-refractivity contribution in [3.8, 4) is 0 Å². The highest BCUT2D eigenvalue weighted by Crippen LogP contribution is 2.43. The van der Waals surface area contributed by atoms with Gasteiger partial charge in [0.15, 0.2) is 0 Å². The van der Waals surface area contributed by atoms with Gasteiger partial charge in [-0.1, -0.05) is 11.8 Å². The summed E-state index contributed by atoms with van der Waals surface area (Å²) in [5, 5.41) is 9.06. The molecule has 1 aliphatic rings. The second-order valence-electron chi connectivity index (χ2n) is 2.94. The molecular formula is C8H12O3S. The number of carbonyl (C=O) groups is 1. The van der Waals surface area contributed by atoms with Gasteiger partial charge in [-0.2, -0.15) is 0 Å². The number of methoxy groups -OCH3 is 1. The van der Waals surface area contributed by atoms with E-state index < -0.39 is 4.75 Å². The van der Waals surface area contributed by atoms with Gasteiger partial charge in [-0.15, -0.1) is 0 Å². The van der Waals surface area contributed by atoms with Gasteiger partial charge in [0.1, 0.15) is 10.5 Å². The van der Waals surface area contributed by atoms with E-state index in [0.29, 0.717) is 11.3 Å². The van der Waals surface area contributed by atoms with E-state index in [4.69, 9.17) is 9.84 Å². The van der Waals surface area contributed by atoms with Crippen LogP contribution in [0, 0.1) is 0 Å². The molecule has 1 aliphatic heterocycles. The van der Waals surface area contributed by atoms with Gasteiger partial charge in [-0.05, 0) is 13.8 Å². The Morgan fingerprint density at radius 3 is 2.58 bits per heavy atom. The second kappa shape index (κ2) is 3.11. The lowest BCUT2D eigenvalue weighted by atomic mass is 10.1. The van der Waals surface area contributed by atoms with Gasteiger partial charge in [-0.3, -0.25) is 4.79 Å². The molecule has 0 saturated heterocycles. The van der Waals surface area contributed by atoms with Gasteiger partial charge in [0.2, 0.25) is 5.12 Å². The van der Waals surface area contributed by atoms with Crippen molar-refractivity contribution >= 4 is 16.9 Å². The summed E-state index contributed by atoms with van der Waals surface area (Å²) in [7, 11) is 1.52. The SMILES string of the molecule is COC1=C(C)C(=O)S[C@@]1(C)CO. The minimum absolute atomic E-state index is 0.0107. The average Bonchev–Trinajstić information content (AvgIpc) is 2.25. The topological polar surface area (TPSA) is 46.5 Å². The maximum absolute atomic E-state index is 11.2. The summed E-state index contributed by atoms with van der Waals surface area (Å²) in [6, 6.07) is 0. The fourth-order valence-electron chi connectivity index (χ4n) is 1.29. The molecule has 0 fully saturated rings. The summed E-state index contributed by atoms with van der Waals surface area (Å²) >= 11 is 1.12. The van der Waals surface area contributed by atoms with Crippen molar-refractivity contribution in [2.45, 2.75) is 18.6 Å². The maximum atomic E-state index is 11.2. The molecule has 0 aliphatic carbocycles. The summed E-state index contributed by atoms with van der Waals surface area (Å²) in [5.41, 5.74) is 0.610. The molecule has 68 valence electrons. The predicted octanol–water partition coefficient (Wildman–Crippen LogP) is 0.931. The quantitative estimate of drug-likeness (QED) is 0.700. The first kappa shape index (κ1) is 9.61. The molecule has 0 aromatic rings. The van der Waals surface area contributed by atoms with Crippen LogP contribution in [0.1, 0.15) is 13.8 Å². The lowest BCUT2D eigenvalue weighted by Crippen LogP contribution is -2.26. The van der Waals surface area contributed by atoms with E-state index >= 15 is 0 Å². The molecule has 0 aromatic heterocycles. The Kier molecular flexibility index (Phi) is 2.49. The van der Waals surface area contributed by atoms with E-state index in [1.54, 1.807) is 13.8 Å². The van der Waals surface area contributed by atoms with Crippen LogP contribution in [0.3, 0.4) is 0 Å². The van der Waals surface area contributed by atoms with Gasteiger partial charge < -0.3 is 9.84 Å². The van der Waals surface area contributed by atoms with E-state index in [9.17, 15) is 4.79 Å². The minimum atomic E-state index is -0.573. The average molecular weight is 188 g/mol. The standard InChI is InChI=1S/C8H12O3S/c1-5-6(11-3)8(2,4-9)12-7(5)10/h9H,4H2,1-3H3/t8-/m0/s1. The van der Waals surface area contributed by atoms with Crippen LogP contribution >= 0.6 is 11.8 Å². The number of aliphatic hydroxyl groups is 1. The van der Waals surface area contributed by atoms with Gasteiger partial charge in [-0.25, -0.2) is 0 Å². The molecule has 1 N–H and O–H groups in total. The summed E-state index contributed by atoms with van der Waals surface area (Å²) in [6.45, 7) is 3.43. The van der Waals surface area contributed by atoms with Crippen molar-refractivity contribution < 1.29 is 14.6 Å². The van der Waals surface area contributed by atoms with Gasteiger partial charge in [0, 0.05) is 5.57 Å². The number of carbonyl (C=O) groups excluding carboxylic acids is 1. The fourth-order valence-corrected chi connectivity index (χ4v) is 2.34. The van der Waals surface area contributed by atoms with Crippen LogP contribution in [0.4, 0.5) is 0 Å². The molecule has 0 bridgehead atoms.